The van der Waals surface area contributed by atoms with E-state index in [9.17, 15) is 9.59 Å². The van der Waals surface area contributed by atoms with Crippen LogP contribution in [0.3, 0.4) is 0 Å². The Balaban J connectivity index is 1.53. The number of nitrogens with zero attached hydrogens (tertiary/aromatic N) is 4. The van der Waals surface area contributed by atoms with Crippen LogP contribution >= 0.6 is 0 Å². The molecule has 3 aromatic heterocycles. The first-order chi connectivity index (χ1) is 16.4. The molecule has 0 bridgehead atoms. The summed E-state index contributed by atoms with van der Waals surface area (Å²) in [5.74, 6) is 0.554. The lowest BCUT2D eigenvalue weighted by molar-refractivity contribution is -0.118. The fourth-order valence-corrected chi connectivity index (χ4v) is 3.87. The molecule has 1 saturated carbocycles. The average Bonchev–Trinajstić information content (AvgIpc) is 3.63. The van der Waals surface area contributed by atoms with Crippen LogP contribution in [0.5, 0.6) is 0 Å². The van der Waals surface area contributed by atoms with Crippen LogP contribution in [0, 0.1) is 12.8 Å². The maximum absolute atomic E-state index is 13.5. The molecule has 0 spiro atoms. The second-order valence-corrected chi connectivity index (χ2v) is 8.93. The summed E-state index contributed by atoms with van der Waals surface area (Å²) >= 11 is 0. The van der Waals surface area contributed by atoms with Crippen molar-refractivity contribution < 1.29 is 9.59 Å². The van der Waals surface area contributed by atoms with Gasteiger partial charge in [0.15, 0.2) is 11.5 Å². The van der Waals surface area contributed by atoms with E-state index >= 15 is 0 Å². The Morgan fingerprint density at radius 3 is 2.47 bits per heavy atom. The Labute approximate surface area is 197 Å². The molecule has 2 amide bonds. The van der Waals surface area contributed by atoms with Gasteiger partial charge >= 0.3 is 0 Å². The van der Waals surface area contributed by atoms with Crippen LogP contribution in [0.2, 0.25) is 0 Å². The molecule has 0 saturated heterocycles. The van der Waals surface area contributed by atoms with E-state index in [-0.39, 0.29) is 17.7 Å². The molecule has 1 aliphatic carbocycles. The molecule has 8 heteroatoms. The van der Waals surface area contributed by atoms with Crippen LogP contribution in [0.15, 0.2) is 54.7 Å². The molecule has 2 N–H and O–H groups in total. The minimum Gasteiger partial charge on any atom is -0.326 e. The van der Waals surface area contributed by atoms with Crippen molar-refractivity contribution in [1.82, 2.24) is 19.7 Å². The number of carbonyl (C=O) groups is 2. The normalized spacial score (nSPS) is 13.3. The van der Waals surface area contributed by atoms with Crippen molar-refractivity contribution in [3.05, 3.63) is 71.7 Å². The van der Waals surface area contributed by atoms with E-state index in [0.29, 0.717) is 45.4 Å². The molecule has 0 atom stereocenters. The number of amides is 2. The lowest BCUT2D eigenvalue weighted by atomic mass is 10.1. The zero-order valence-corrected chi connectivity index (χ0v) is 19.4. The van der Waals surface area contributed by atoms with E-state index in [1.54, 1.807) is 35.1 Å². The molecule has 1 fully saturated rings. The van der Waals surface area contributed by atoms with E-state index < -0.39 is 0 Å². The van der Waals surface area contributed by atoms with Crippen LogP contribution in [0.1, 0.15) is 54.4 Å². The fourth-order valence-electron chi connectivity index (χ4n) is 3.87. The topological polar surface area (TPSA) is 102 Å². The highest BCUT2D eigenvalue weighted by Crippen LogP contribution is 2.40. The zero-order chi connectivity index (χ0) is 23.8. The highest BCUT2D eigenvalue weighted by atomic mass is 16.2. The molecule has 0 radical (unpaired) electrons. The van der Waals surface area contributed by atoms with Crippen LogP contribution in [-0.4, -0.2) is 31.6 Å². The SMILES string of the molecule is Cc1nn(-c2ccccn2)c2nc(C3CC3)cc(C(=O)Nc3cccc(NC(=O)C(C)C)c3)c12. The van der Waals surface area contributed by atoms with Gasteiger partial charge in [0, 0.05) is 35.1 Å². The predicted octanol–water partition coefficient (Wildman–Crippen LogP) is 4.85. The number of carbonyl (C=O) groups excluding carboxylic acids is 2. The smallest absolute Gasteiger partial charge is 0.256 e. The molecule has 0 unspecified atom stereocenters. The van der Waals surface area contributed by atoms with Crippen molar-refractivity contribution in [2.45, 2.75) is 39.5 Å². The second-order valence-electron chi connectivity index (χ2n) is 8.93. The molecule has 172 valence electrons. The first-order valence-electron chi connectivity index (χ1n) is 11.4. The molecule has 0 aliphatic heterocycles. The molecule has 3 heterocycles. The Bertz CT molecular complexity index is 1390. The van der Waals surface area contributed by atoms with E-state index in [2.05, 4.69) is 20.7 Å². The minimum atomic E-state index is -0.245. The van der Waals surface area contributed by atoms with Gasteiger partial charge in [-0.3, -0.25) is 9.59 Å². The number of nitrogens with one attached hydrogen (secondary N) is 2. The summed E-state index contributed by atoms with van der Waals surface area (Å²) in [5.41, 5.74) is 3.99. The van der Waals surface area contributed by atoms with E-state index in [4.69, 9.17) is 4.98 Å². The summed E-state index contributed by atoms with van der Waals surface area (Å²) in [4.78, 5) is 34.8. The van der Waals surface area contributed by atoms with E-state index in [0.717, 1.165) is 18.5 Å². The minimum absolute atomic E-state index is 0.0778. The monoisotopic (exact) mass is 454 g/mol. The summed E-state index contributed by atoms with van der Waals surface area (Å²) in [7, 11) is 0. The maximum atomic E-state index is 13.5. The molecule has 8 nitrogen and oxygen atoms in total. The van der Waals surface area contributed by atoms with Crippen molar-refractivity contribution in [1.29, 1.82) is 0 Å². The molecule has 1 aliphatic rings. The maximum Gasteiger partial charge on any atom is 0.256 e. The van der Waals surface area contributed by atoms with Crippen molar-refractivity contribution in [2.24, 2.45) is 5.92 Å². The quantitative estimate of drug-likeness (QED) is 0.434. The number of hydrogen-bond donors (Lipinski definition) is 2. The summed E-state index contributed by atoms with van der Waals surface area (Å²) < 4.78 is 1.70. The van der Waals surface area contributed by atoms with Gasteiger partial charge in [-0.15, -0.1) is 0 Å². The fraction of sp³-hybridized carbons (Fsp3) is 0.269. The number of rotatable bonds is 6. The Morgan fingerprint density at radius 1 is 1.03 bits per heavy atom. The third-order valence-electron chi connectivity index (χ3n) is 5.85. The predicted molar refractivity (Wildman–Crippen MR) is 131 cm³/mol. The third-order valence-corrected chi connectivity index (χ3v) is 5.85. The Hall–Kier alpha value is -4.07. The van der Waals surface area contributed by atoms with Crippen molar-refractivity contribution in [3.63, 3.8) is 0 Å². The summed E-state index contributed by atoms with van der Waals surface area (Å²) in [6.07, 6.45) is 3.84. The van der Waals surface area contributed by atoms with Gasteiger partial charge in [0.05, 0.1) is 16.6 Å². The van der Waals surface area contributed by atoms with E-state index in [1.165, 1.54) is 0 Å². The van der Waals surface area contributed by atoms with Gasteiger partial charge in [-0.2, -0.15) is 9.78 Å². The number of benzene rings is 1. The van der Waals surface area contributed by atoms with Crippen molar-refractivity contribution >= 4 is 34.2 Å². The number of pyridine rings is 2. The molecule has 1 aromatic carbocycles. The van der Waals surface area contributed by atoms with Crippen LogP contribution < -0.4 is 10.6 Å². The first kappa shape index (κ1) is 21.8. The van der Waals surface area contributed by atoms with Crippen molar-refractivity contribution in [3.8, 4) is 5.82 Å². The summed E-state index contributed by atoms with van der Waals surface area (Å²) in [5, 5.41) is 11.2. The number of aromatic nitrogens is 4. The standard InChI is InChI=1S/C26H26N6O2/c1-15(2)25(33)28-18-7-6-8-19(13-18)29-26(34)20-14-21(17-10-11-17)30-24-23(20)16(3)31-32(24)22-9-4-5-12-27-22/h4-9,12-15,17H,10-11H2,1-3H3,(H,28,33)(H,29,34). The number of anilines is 2. The molecule has 4 aromatic rings. The van der Waals surface area contributed by atoms with Gasteiger partial charge in [-0.1, -0.05) is 26.0 Å². The first-order valence-corrected chi connectivity index (χ1v) is 11.4. The van der Waals surface area contributed by atoms with Gasteiger partial charge in [-0.25, -0.2) is 9.97 Å². The Morgan fingerprint density at radius 2 is 1.79 bits per heavy atom. The Kier molecular flexibility index (Phi) is 5.57. The van der Waals surface area contributed by atoms with Crippen LogP contribution in [-0.2, 0) is 4.79 Å². The van der Waals surface area contributed by atoms with Gasteiger partial charge < -0.3 is 10.6 Å². The van der Waals surface area contributed by atoms with E-state index in [1.807, 2.05) is 45.0 Å². The van der Waals surface area contributed by atoms with Crippen LogP contribution in [0.4, 0.5) is 11.4 Å². The van der Waals surface area contributed by atoms with Gasteiger partial charge in [0.25, 0.3) is 5.91 Å². The summed E-state index contributed by atoms with van der Waals surface area (Å²) in [6, 6.07) is 14.7. The van der Waals surface area contributed by atoms with Gasteiger partial charge in [0.1, 0.15) is 0 Å². The second kappa shape index (κ2) is 8.70. The lowest BCUT2D eigenvalue weighted by Crippen LogP contribution is -2.18. The molecular weight excluding hydrogens is 428 g/mol. The van der Waals surface area contributed by atoms with Gasteiger partial charge in [0.2, 0.25) is 5.91 Å². The third kappa shape index (κ3) is 4.26. The largest absolute Gasteiger partial charge is 0.326 e. The summed E-state index contributed by atoms with van der Waals surface area (Å²) in [6.45, 7) is 5.54. The lowest BCUT2D eigenvalue weighted by Gasteiger charge is -2.12. The average molecular weight is 455 g/mol. The zero-order valence-electron chi connectivity index (χ0n) is 19.4. The molecule has 34 heavy (non-hydrogen) atoms. The molecular formula is C26H26N6O2. The molecule has 5 rings (SSSR count). The highest BCUT2D eigenvalue weighted by molar-refractivity contribution is 6.13. The van der Waals surface area contributed by atoms with Gasteiger partial charge in [-0.05, 0) is 56.2 Å². The van der Waals surface area contributed by atoms with Crippen LogP contribution in [0.25, 0.3) is 16.9 Å². The highest BCUT2D eigenvalue weighted by Gasteiger charge is 2.29. The van der Waals surface area contributed by atoms with Crippen molar-refractivity contribution in [2.75, 3.05) is 10.6 Å². The number of fused-ring (bicyclic) bond motifs is 1. The number of hydrogen-bond acceptors (Lipinski definition) is 5. The number of aryl methyl sites for hydroxylation is 1.